The molecule has 1 aliphatic heterocycles. The first kappa shape index (κ1) is 16.9. The molecule has 1 amide bonds. The first-order valence-electron chi connectivity index (χ1n) is 7.44. The number of halogens is 3. The van der Waals surface area contributed by atoms with Gasteiger partial charge in [0.25, 0.3) is 5.91 Å². The molecule has 1 aliphatic carbocycles. The molecule has 0 bridgehead atoms. The van der Waals surface area contributed by atoms with Crippen molar-refractivity contribution in [2.75, 3.05) is 12.3 Å². The van der Waals surface area contributed by atoms with E-state index in [0.717, 1.165) is 25.0 Å². The number of nitrogens with zero attached hydrogens (tertiary/aromatic N) is 1. The second kappa shape index (κ2) is 6.51. The van der Waals surface area contributed by atoms with E-state index in [9.17, 15) is 23.1 Å². The van der Waals surface area contributed by atoms with E-state index in [1.54, 1.807) is 0 Å². The number of aliphatic hydroxyl groups excluding tert-OH is 1. The van der Waals surface area contributed by atoms with Gasteiger partial charge in [-0.1, -0.05) is 11.8 Å². The summed E-state index contributed by atoms with van der Waals surface area (Å²) in [6.07, 6.45) is -2.22. The summed E-state index contributed by atoms with van der Waals surface area (Å²) >= 11 is 1.18. The minimum absolute atomic E-state index is 0.0565. The fraction of sp³-hybridized carbons (Fsp3) is 0.375. The molecule has 0 aromatic heterocycles. The zero-order chi connectivity index (χ0) is 17.3. The van der Waals surface area contributed by atoms with Crippen molar-refractivity contribution in [3.05, 3.63) is 41.2 Å². The molecule has 0 saturated heterocycles. The third kappa shape index (κ3) is 3.92. The van der Waals surface area contributed by atoms with E-state index >= 15 is 0 Å². The van der Waals surface area contributed by atoms with Crippen LogP contribution in [0.4, 0.5) is 18.9 Å². The first-order chi connectivity index (χ1) is 11.3. The molecule has 0 spiro atoms. The number of thioether (sulfide) groups is 1. The summed E-state index contributed by atoms with van der Waals surface area (Å²) in [4.78, 5) is 16.4. The van der Waals surface area contributed by atoms with E-state index in [-0.39, 0.29) is 17.1 Å². The summed E-state index contributed by atoms with van der Waals surface area (Å²) in [6.45, 7) is 0.563. The fourth-order valence-electron chi connectivity index (χ4n) is 2.21. The van der Waals surface area contributed by atoms with Crippen molar-refractivity contribution in [2.45, 2.75) is 19.0 Å². The number of alkyl halides is 3. The molecule has 0 radical (unpaired) electrons. The molecule has 2 N–H and O–H groups in total. The maximum Gasteiger partial charge on any atom is 0.416 e. The minimum atomic E-state index is -4.40. The Bertz CT molecular complexity index is 707. The van der Waals surface area contributed by atoms with Crippen LogP contribution in [0.3, 0.4) is 0 Å². The first-order valence-corrected chi connectivity index (χ1v) is 8.42. The number of amides is 1. The number of carbonyl (C=O) groups is 1. The lowest BCUT2D eigenvalue weighted by Gasteiger charge is -2.08. The molecule has 1 fully saturated rings. The largest absolute Gasteiger partial charge is 0.510 e. The van der Waals surface area contributed by atoms with Crippen LogP contribution in [0, 0.1) is 5.92 Å². The zero-order valence-electron chi connectivity index (χ0n) is 12.6. The Balaban J connectivity index is 1.76. The van der Waals surface area contributed by atoms with Crippen molar-refractivity contribution in [1.82, 2.24) is 5.32 Å². The molecule has 24 heavy (non-hydrogen) atoms. The van der Waals surface area contributed by atoms with E-state index in [1.807, 2.05) is 0 Å². The van der Waals surface area contributed by atoms with Gasteiger partial charge in [-0.3, -0.25) is 4.79 Å². The van der Waals surface area contributed by atoms with Gasteiger partial charge >= 0.3 is 6.18 Å². The second-order valence-electron chi connectivity index (χ2n) is 5.73. The monoisotopic (exact) mass is 356 g/mol. The third-order valence-electron chi connectivity index (χ3n) is 3.75. The van der Waals surface area contributed by atoms with Gasteiger partial charge in [-0.2, -0.15) is 13.2 Å². The highest BCUT2D eigenvalue weighted by atomic mass is 32.2. The lowest BCUT2D eigenvalue weighted by Crippen LogP contribution is -2.29. The van der Waals surface area contributed by atoms with Crippen molar-refractivity contribution in [2.24, 2.45) is 10.9 Å². The average Bonchev–Trinajstić information content (AvgIpc) is 3.28. The van der Waals surface area contributed by atoms with Gasteiger partial charge in [-0.05, 0) is 43.0 Å². The highest BCUT2D eigenvalue weighted by Gasteiger charge is 2.31. The summed E-state index contributed by atoms with van der Waals surface area (Å²) in [6, 6.07) is 4.36. The summed E-state index contributed by atoms with van der Waals surface area (Å²) in [7, 11) is 0. The molecule has 1 aromatic rings. The van der Waals surface area contributed by atoms with Crippen LogP contribution in [0.15, 0.2) is 40.6 Å². The second-order valence-corrected chi connectivity index (χ2v) is 6.69. The third-order valence-corrected chi connectivity index (χ3v) is 4.74. The minimum Gasteiger partial charge on any atom is -0.510 e. The molecule has 0 unspecified atom stereocenters. The van der Waals surface area contributed by atoms with Gasteiger partial charge in [0.2, 0.25) is 0 Å². The van der Waals surface area contributed by atoms with Gasteiger partial charge in [0.05, 0.1) is 17.0 Å². The Labute approximate surface area is 140 Å². The molecular formula is C16H15F3N2O2S. The lowest BCUT2D eigenvalue weighted by molar-refractivity contribution is -0.137. The van der Waals surface area contributed by atoms with Crippen LogP contribution < -0.4 is 5.32 Å². The molecule has 8 heteroatoms. The molecule has 1 heterocycles. The van der Waals surface area contributed by atoms with Crippen molar-refractivity contribution in [3.8, 4) is 0 Å². The summed E-state index contributed by atoms with van der Waals surface area (Å²) in [5, 5.41) is 13.0. The Morgan fingerprint density at radius 3 is 2.54 bits per heavy atom. The summed E-state index contributed by atoms with van der Waals surface area (Å²) in [5.41, 5.74) is -0.348. The average molecular weight is 356 g/mol. The summed E-state index contributed by atoms with van der Waals surface area (Å²) < 4.78 is 37.7. The number of aliphatic imine (C=N–C) groups is 1. The SMILES string of the molecule is O=C(NCC1CC1)C1=C(O)CSC1=Nc1ccc(C(F)(F)F)cc1. The van der Waals surface area contributed by atoms with Gasteiger partial charge in [0.1, 0.15) is 16.4 Å². The topological polar surface area (TPSA) is 61.7 Å². The standard InChI is InChI=1S/C16H15F3N2O2S/c17-16(18,19)10-3-5-11(6-4-10)21-15-13(12(22)8-24-15)14(23)20-7-9-1-2-9/h3-6,9,22H,1-2,7-8H2,(H,20,23). The number of aliphatic hydroxyl groups is 1. The number of benzene rings is 1. The van der Waals surface area contributed by atoms with Crippen LogP contribution in [-0.4, -0.2) is 28.4 Å². The van der Waals surface area contributed by atoms with Crippen molar-refractivity contribution in [1.29, 1.82) is 0 Å². The quantitative estimate of drug-likeness (QED) is 0.862. The number of carbonyl (C=O) groups excluding carboxylic acids is 1. The van der Waals surface area contributed by atoms with Crippen molar-refractivity contribution >= 4 is 28.4 Å². The molecule has 128 valence electrons. The van der Waals surface area contributed by atoms with Gasteiger partial charge < -0.3 is 10.4 Å². The van der Waals surface area contributed by atoms with E-state index < -0.39 is 17.6 Å². The molecular weight excluding hydrogens is 341 g/mol. The van der Waals surface area contributed by atoms with E-state index in [4.69, 9.17) is 0 Å². The Morgan fingerprint density at radius 2 is 1.96 bits per heavy atom. The van der Waals surface area contributed by atoms with Crippen LogP contribution in [0.2, 0.25) is 0 Å². The van der Waals surface area contributed by atoms with Crippen LogP contribution >= 0.6 is 11.8 Å². The Kier molecular flexibility index (Phi) is 4.58. The maximum absolute atomic E-state index is 12.6. The number of hydrogen-bond donors (Lipinski definition) is 2. The number of nitrogens with one attached hydrogen (secondary N) is 1. The van der Waals surface area contributed by atoms with Crippen molar-refractivity contribution < 1.29 is 23.1 Å². The van der Waals surface area contributed by atoms with E-state index in [1.165, 1.54) is 23.9 Å². The predicted molar refractivity (Wildman–Crippen MR) is 86.4 cm³/mol. The van der Waals surface area contributed by atoms with Gasteiger partial charge in [0, 0.05) is 6.54 Å². The smallest absolute Gasteiger partial charge is 0.416 e. The van der Waals surface area contributed by atoms with E-state index in [2.05, 4.69) is 10.3 Å². The molecule has 4 nitrogen and oxygen atoms in total. The highest BCUT2D eigenvalue weighted by Crippen LogP contribution is 2.33. The van der Waals surface area contributed by atoms with Crippen LogP contribution in [-0.2, 0) is 11.0 Å². The molecule has 1 aromatic carbocycles. The molecule has 1 saturated carbocycles. The highest BCUT2D eigenvalue weighted by molar-refractivity contribution is 8.15. The van der Waals surface area contributed by atoms with Gasteiger partial charge in [-0.25, -0.2) is 4.99 Å². The zero-order valence-corrected chi connectivity index (χ0v) is 13.4. The Hall–Kier alpha value is -1.96. The fourth-order valence-corrected chi connectivity index (χ4v) is 3.15. The Morgan fingerprint density at radius 1 is 1.29 bits per heavy atom. The van der Waals surface area contributed by atoms with Crippen LogP contribution in [0.5, 0.6) is 0 Å². The van der Waals surface area contributed by atoms with E-state index in [0.29, 0.717) is 23.2 Å². The number of rotatable bonds is 4. The maximum atomic E-state index is 12.6. The van der Waals surface area contributed by atoms with Crippen LogP contribution in [0.1, 0.15) is 18.4 Å². The van der Waals surface area contributed by atoms with Crippen LogP contribution in [0.25, 0.3) is 0 Å². The number of hydrogen-bond acceptors (Lipinski definition) is 4. The predicted octanol–water partition coefficient (Wildman–Crippen LogP) is 3.82. The van der Waals surface area contributed by atoms with Crippen molar-refractivity contribution in [3.63, 3.8) is 0 Å². The summed E-state index contributed by atoms with van der Waals surface area (Å²) in [5.74, 6) is 0.279. The molecule has 3 rings (SSSR count). The normalized spacial score (nSPS) is 19.9. The lowest BCUT2D eigenvalue weighted by atomic mass is 10.2. The van der Waals surface area contributed by atoms with Gasteiger partial charge in [0.15, 0.2) is 0 Å². The molecule has 2 aliphatic rings. The molecule has 0 atom stereocenters. The van der Waals surface area contributed by atoms with Gasteiger partial charge in [-0.15, -0.1) is 0 Å².